The summed E-state index contributed by atoms with van der Waals surface area (Å²) in [4.78, 5) is 21.1. The van der Waals surface area contributed by atoms with Crippen molar-refractivity contribution in [3.05, 3.63) is 41.2 Å². The van der Waals surface area contributed by atoms with Crippen LogP contribution in [-0.2, 0) is 27.8 Å². The summed E-state index contributed by atoms with van der Waals surface area (Å²) in [7, 11) is -3.35. The number of H-pyrrole nitrogens is 1. The summed E-state index contributed by atoms with van der Waals surface area (Å²) < 4.78 is 25.6. The molecule has 28 heavy (non-hydrogen) atoms. The highest BCUT2D eigenvalue weighted by Gasteiger charge is 2.35. The van der Waals surface area contributed by atoms with E-state index in [2.05, 4.69) is 24.9 Å². The Kier molecular flexibility index (Phi) is 4.20. The molecule has 0 spiro atoms. The van der Waals surface area contributed by atoms with Crippen LogP contribution >= 0.6 is 0 Å². The van der Waals surface area contributed by atoms with Crippen LogP contribution in [-0.4, -0.2) is 54.2 Å². The van der Waals surface area contributed by atoms with Crippen molar-refractivity contribution in [1.82, 2.24) is 15.2 Å². The number of aromatic amines is 1. The fraction of sp³-hybridized carbons (Fsp3) is 0.333. The number of hydrogen-bond donors (Lipinski definition) is 4. The van der Waals surface area contributed by atoms with Crippen LogP contribution in [0, 0.1) is 0 Å². The van der Waals surface area contributed by atoms with Crippen LogP contribution in [0.3, 0.4) is 0 Å². The molecule has 1 unspecified atom stereocenters. The van der Waals surface area contributed by atoms with Gasteiger partial charge in [0, 0.05) is 54.2 Å². The molecule has 1 aromatic heterocycles. The number of benzene rings is 1. The van der Waals surface area contributed by atoms with Crippen LogP contribution in [0.5, 0.6) is 0 Å². The Balaban J connectivity index is 1.64. The number of carbonyl (C=O) groups is 1. The lowest BCUT2D eigenvalue weighted by Crippen LogP contribution is -2.56. The van der Waals surface area contributed by atoms with Gasteiger partial charge < -0.3 is 15.4 Å². The van der Waals surface area contributed by atoms with E-state index >= 15 is 0 Å². The van der Waals surface area contributed by atoms with Crippen LogP contribution < -0.4 is 10.0 Å². The third kappa shape index (κ3) is 3.36. The van der Waals surface area contributed by atoms with E-state index in [-0.39, 0.29) is 5.57 Å². The van der Waals surface area contributed by atoms with Gasteiger partial charge in [0.15, 0.2) is 5.79 Å². The third-order valence-corrected chi connectivity index (χ3v) is 5.70. The van der Waals surface area contributed by atoms with Gasteiger partial charge in [0.05, 0.1) is 11.8 Å². The maximum atomic E-state index is 11.5. The van der Waals surface area contributed by atoms with Crippen molar-refractivity contribution in [3.63, 3.8) is 0 Å². The van der Waals surface area contributed by atoms with Gasteiger partial charge in [0.2, 0.25) is 10.0 Å². The number of nitrogens with one attached hydrogen (secondary N) is 3. The quantitative estimate of drug-likeness (QED) is 0.608. The predicted octanol–water partition coefficient (Wildman–Crippen LogP) is 1.21. The molecule has 148 valence electrons. The Hall–Kier alpha value is -2.85. The molecule has 0 amide bonds. The molecule has 0 aliphatic carbocycles. The zero-order valence-corrected chi connectivity index (χ0v) is 16.3. The van der Waals surface area contributed by atoms with Crippen LogP contribution in [0.25, 0.3) is 10.9 Å². The molecule has 9 nitrogen and oxygen atoms in total. The first kappa shape index (κ1) is 18.5. The van der Waals surface area contributed by atoms with E-state index < -0.39 is 21.8 Å². The first-order valence-electron chi connectivity index (χ1n) is 8.77. The van der Waals surface area contributed by atoms with Gasteiger partial charge in [-0.1, -0.05) is 0 Å². The number of nitrogens with zero attached hydrogens (tertiary/aromatic N) is 2. The molecule has 4 N–H and O–H groups in total. The Morgan fingerprint density at radius 1 is 1.39 bits per heavy atom. The first-order valence-corrected chi connectivity index (χ1v) is 10.7. The molecule has 4 rings (SSSR count). The highest BCUT2D eigenvalue weighted by Crippen LogP contribution is 2.33. The molecule has 1 aromatic carbocycles. The first-order chi connectivity index (χ1) is 13.1. The Morgan fingerprint density at radius 2 is 2.18 bits per heavy atom. The van der Waals surface area contributed by atoms with Gasteiger partial charge in [-0.05, 0) is 30.7 Å². The molecular formula is C18H21N5O4S. The van der Waals surface area contributed by atoms with Crippen molar-refractivity contribution in [2.75, 3.05) is 17.5 Å². The predicted molar refractivity (Wildman–Crippen MR) is 107 cm³/mol. The zero-order valence-electron chi connectivity index (χ0n) is 15.5. The van der Waals surface area contributed by atoms with Crippen molar-refractivity contribution in [3.8, 4) is 0 Å². The van der Waals surface area contributed by atoms with E-state index in [0.717, 1.165) is 41.4 Å². The zero-order chi connectivity index (χ0) is 20.1. The minimum absolute atomic E-state index is 0.110. The van der Waals surface area contributed by atoms with Gasteiger partial charge >= 0.3 is 5.97 Å². The number of fused-ring (bicyclic) bond motifs is 3. The third-order valence-electron chi connectivity index (χ3n) is 5.10. The molecule has 0 saturated heterocycles. The number of carboxylic acid groups (broad SMARTS) is 1. The molecule has 0 saturated carbocycles. The van der Waals surface area contributed by atoms with Gasteiger partial charge in [-0.3, -0.25) is 9.62 Å². The van der Waals surface area contributed by atoms with Crippen LogP contribution in [0.4, 0.5) is 5.69 Å². The lowest BCUT2D eigenvalue weighted by molar-refractivity contribution is -0.132. The Bertz CT molecular complexity index is 1130. The molecule has 0 fully saturated rings. The Labute approximate surface area is 162 Å². The SMILES string of the molecule is CC1(N2CCc3[nH]c4ccc(NS(C)(=O)=O)cc4c3C2)N=CC(C(=O)O)=CN1. The lowest BCUT2D eigenvalue weighted by Gasteiger charge is -2.41. The standard InChI is InChI=1S/C18H21N5O4S/c1-18(19-8-11(9-20-18)17(24)25)23-6-5-16-14(10-23)13-7-12(22-28(2,26)27)3-4-15(13)21-16/h3-4,7-9,19,21-22H,5-6,10H2,1-2H3,(H,24,25). The number of carboxylic acids is 1. The van der Waals surface area contributed by atoms with Crippen molar-refractivity contribution >= 4 is 38.8 Å². The summed E-state index contributed by atoms with van der Waals surface area (Å²) in [5.41, 5.74) is 3.78. The molecule has 10 heteroatoms. The maximum absolute atomic E-state index is 11.5. The number of anilines is 1. The van der Waals surface area contributed by atoms with E-state index in [4.69, 9.17) is 5.11 Å². The van der Waals surface area contributed by atoms with E-state index in [1.807, 2.05) is 19.1 Å². The van der Waals surface area contributed by atoms with Gasteiger partial charge in [0.1, 0.15) is 0 Å². The van der Waals surface area contributed by atoms with Crippen molar-refractivity contribution in [2.45, 2.75) is 25.7 Å². The smallest absolute Gasteiger partial charge is 0.338 e. The van der Waals surface area contributed by atoms with Gasteiger partial charge in [-0.2, -0.15) is 0 Å². The van der Waals surface area contributed by atoms with Gasteiger partial charge in [0.25, 0.3) is 0 Å². The average molecular weight is 403 g/mol. The molecule has 1 atom stereocenters. The normalized spacial score (nSPS) is 22.4. The number of hydrogen-bond acceptors (Lipinski definition) is 6. The number of aliphatic imine (C=N–C) groups is 1. The van der Waals surface area contributed by atoms with Crippen LogP contribution in [0.15, 0.2) is 35.0 Å². The molecule has 0 radical (unpaired) electrons. The second kappa shape index (κ2) is 6.35. The van der Waals surface area contributed by atoms with Gasteiger partial charge in [-0.15, -0.1) is 0 Å². The fourth-order valence-electron chi connectivity index (χ4n) is 3.64. The number of rotatable bonds is 4. The minimum atomic E-state index is -3.35. The summed E-state index contributed by atoms with van der Waals surface area (Å²) in [6.45, 7) is 3.23. The molecule has 2 aromatic rings. The molecule has 3 heterocycles. The maximum Gasteiger partial charge on any atom is 0.338 e. The monoisotopic (exact) mass is 403 g/mol. The summed E-state index contributed by atoms with van der Waals surface area (Å²) in [5, 5.41) is 13.1. The van der Waals surface area contributed by atoms with Crippen molar-refractivity contribution in [2.24, 2.45) is 4.99 Å². The highest BCUT2D eigenvalue weighted by molar-refractivity contribution is 7.92. The fourth-order valence-corrected chi connectivity index (χ4v) is 4.19. The largest absolute Gasteiger partial charge is 0.478 e. The number of aliphatic carboxylic acids is 1. The van der Waals surface area contributed by atoms with E-state index in [9.17, 15) is 13.2 Å². The van der Waals surface area contributed by atoms with Crippen molar-refractivity contribution < 1.29 is 18.3 Å². The van der Waals surface area contributed by atoms with Gasteiger partial charge in [-0.25, -0.2) is 18.2 Å². The molecule has 2 aliphatic rings. The molecular weight excluding hydrogens is 382 g/mol. The van der Waals surface area contributed by atoms with E-state index in [1.54, 1.807) is 6.07 Å². The van der Waals surface area contributed by atoms with E-state index in [0.29, 0.717) is 12.2 Å². The summed E-state index contributed by atoms with van der Waals surface area (Å²) in [6, 6.07) is 5.43. The number of sulfonamides is 1. The second-order valence-corrected chi connectivity index (χ2v) is 8.96. The topological polar surface area (TPSA) is 127 Å². The minimum Gasteiger partial charge on any atom is -0.478 e. The lowest BCUT2D eigenvalue weighted by atomic mass is 10.0. The summed E-state index contributed by atoms with van der Waals surface area (Å²) in [5.74, 6) is -1.77. The summed E-state index contributed by atoms with van der Waals surface area (Å²) >= 11 is 0. The molecule has 0 bridgehead atoms. The van der Waals surface area contributed by atoms with Crippen LogP contribution in [0.1, 0.15) is 18.2 Å². The summed E-state index contributed by atoms with van der Waals surface area (Å²) in [6.07, 6.45) is 4.74. The van der Waals surface area contributed by atoms with E-state index in [1.165, 1.54) is 12.4 Å². The Morgan fingerprint density at radius 3 is 2.82 bits per heavy atom. The average Bonchev–Trinajstić information content (AvgIpc) is 2.98. The second-order valence-electron chi connectivity index (χ2n) is 7.22. The molecule has 2 aliphatic heterocycles. The highest BCUT2D eigenvalue weighted by atomic mass is 32.2. The van der Waals surface area contributed by atoms with Crippen molar-refractivity contribution in [1.29, 1.82) is 0 Å². The van der Waals surface area contributed by atoms with Crippen LogP contribution in [0.2, 0.25) is 0 Å². The number of aromatic nitrogens is 1.